The maximum atomic E-state index is 8.40. The van der Waals surface area contributed by atoms with Crippen molar-refractivity contribution in [2.24, 2.45) is 5.41 Å². The van der Waals surface area contributed by atoms with Gasteiger partial charge in [-0.1, -0.05) is 13.8 Å². The highest BCUT2D eigenvalue weighted by Crippen LogP contribution is 2.14. The second-order valence-corrected chi connectivity index (χ2v) is 2.28. The lowest BCUT2D eigenvalue weighted by atomic mass is 9.97. The SMILES string of the molecule is CC(C)([CH]O)CO. The van der Waals surface area contributed by atoms with E-state index in [0.717, 1.165) is 6.61 Å². The average molecular weight is 103 g/mol. The van der Waals surface area contributed by atoms with E-state index in [1.165, 1.54) is 0 Å². The molecular formula is C5H11O2. The van der Waals surface area contributed by atoms with Gasteiger partial charge >= 0.3 is 0 Å². The molecule has 0 aliphatic carbocycles. The Balaban J connectivity index is 3.36. The third-order valence-corrected chi connectivity index (χ3v) is 0.757. The number of rotatable bonds is 2. The molecule has 2 heteroatoms. The van der Waals surface area contributed by atoms with Gasteiger partial charge in [0.1, 0.15) is 0 Å². The van der Waals surface area contributed by atoms with Crippen molar-refractivity contribution in [2.75, 3.05) is 6.61 Å². The second kappa shape index (κ2) is 2.28. The Morgan fingerprint density at radius 2 is 2.00 bits per heavy atom. The molecule has 0 amide bonds. The smallest absolute Gasteiger partial charge is 0.0877 e. The summed E-state index contributed by atoms with van der Waals surface area (Å²) in [6.45, 7) is 4.47. The third-order valence-electron chi connectivity index (χ3n) is 0.757. The summed E-state index contributed by atoms with van der Waals surface area (Å²) in [4.78, 5) is 0. The van der Waals surface area contributed by atoms with Crippen LogP contribution in [0.3, 0.4) is 0 Å². The Bertz CT molecular complexity index is 44.0. The fraction of sp³-hybridized carbons (Fsp3) is 0.800. The van der Waals surface area contributed by atoms with Gasteiger partial charge in [-0.25, -0.2) is 0 Å². The maximum absolute atomic E-state index is 8.40. The minimum Gasteiger partial charge on any atom is -0.396 e. The summed E-state index contributed by atoms with van der Waals surface area (Å²) in [6.07, 6.45) is 0. The predicted molar refractivity (Wildman–Crippen MR) is 27.1 cm³/mol. The van der Waals surface area contributed by atoms with Gasteiger partial charge in [0.2, 0.25) is 0 Å². The number of aliphatic hydroxyl groups excluding tert-OH is 2. The Hall–Kier alpha value is -0.0800. The first kappa shape index (κ1) is 6.92. The monoisotopic (exact) mass is 103 g/mol. The molecule has 0 aliphatic rings. The van der Waals surface area contributed by atoms with Crippen LogP contribution in [0, 0.1) is 12.0 Å². The van der Waals surface area contributed by atoms with Crippen molar-refractivity contribution in [3.8, 4) is 0 Å². The summed E-state index contributed by atoms with van der Waals surface area (Å²) in [5.41, 5.74) is -0.431. The van der Waals surface area contributed by atoms with Crippen LogP contribution in [0.5, 0.6) is 0 Å². The molecule has 0 aromatic rings. The fourth-order valence-electron chi connectivity index (χ4n) is 0.0408. The zero-order valence-corrected chi connectivity index (χ0v) is 4.68. The van der Waals surface area contributed by atoms with Gasteiger partial charge in [0.15, 0.2) is 0 Å². The van der Waals surface area contributed by atoms with E-state index >= 15 is 0 Å². The Morgan fingerprint density at radius 3 is 2.00 bits per heavy atom. The number of aliphatic hydroxyl groups is 2. The first-order valence-electron chi connectivity index (χ1n) is 2.22. The van der Waals surface area contributed by atoms with E-state index in [9.17, 15) is 0 Å². The molecule has 0 heterocycles. The van der Waals surface area contributed by atoms with Crippen molar-refractivity contribution >= 4 is 0 Å². The van der Waals surface area contributed by atoms with Gasteiger partial charge in [-0.05, 0) is 0 Å². The lowest BCUT2D eigenvalue weighted by Crippen LogP contribution is -2.16. The van der Waals surface area contributed by atoms with Crippen LogP contribution >= 0.6 is 0 Å². The Labute approximate surface area is 43.8 Å². The van der Waals surface area contributed by atoms with Gasteiger partial charge in [-0.2, -0.15) is 0 Å². The summed E-state index contributed by atoms with van der Waals surface area (Å²) in [5, 5.41) is 16.7. The standard InChI is InChI=1S/C5H11O2/c1-5(2,3-6)4-7/h3,6-7H,4H2,1-2H3. The second-order valence-electron chi connectivity index (χ2n) is 2.28. The molecule has 0 saturated heterocycles. The van der Waals surface area contributed by atoms with Crippen molar-refractivity contribution < 1.29 is 10.2 Å². The van der Waals surface area contributed by atoms with Crippen LogP contribution in [0.4, 0.5) is 0 Å². The molecule has 0 bridgehead atoms. The van der Waals surface area contributed by atoms with E-state index in [0.29, 0.717) is 0 Å². The summed E-state index contributed by atoms with van der Waals surface area (Å²) in [7, 11) is 0. The third kappa shape index (κ3) is 2.60. The molecule has 0 unspecified atom stereocenters. The summed E-state index contributed by atoms with van der Waals surface area (Å²) in [5.74, 6) is 0. The van der Waals surface area contributed by atoms with Crippen LogP contribution in [0.1, 0.15) is 13.8 Å². The Morgan fingerprint density at radius 1 is 1.57 bits per heavy atom. The van der Waals surface area contributed by atoms with Crippen molar-refractivity contribution in [2.45, 2.75) is 13.8 Å². The van der Waals surface area contributed by atoms with Crippen LogP contribution in [-0.4, -0.2) is 16.8 Å². The average Bonchev–Trinajstić information content (AvgIpc) is 1.68. The number of hydrogen-bond donors (Lipinski definition) is 2. The van der Waals surface area contributed by atoms with Crippen molar-refractivity contribution in [3.63, 3.8) is 0 Å². The predicted octanol–water partition coefficient (Wildman–Crippen LogP) is 0.539. The van der Waals surface area contributed by atoms with Gasteiger partial charge in [0.05, 0.1) is 13.2 Å². The summed E-state index contributed by atoms with van der Waals surface area (Å²) < 4.78 is 0. The van der Waals surface area contributed by atoms with Crippen LogP contribution in [0.15, 0.2) is 0 Å². The molecule has 1 radical (unpaired) electrons. The lowest BCUT2D eigenvalue weighted by molar-refractivity contribution is 0.134. The van der Waals surface area contributed by atoms with Gasteiger partial charge in [-0.3, -0.25) is 0 Å². The molecule has 7 heavy (non-hydrogen) atoms. The minimum atomic E-state index is -0.431. The van der Waals surface area contributed by atoms with Crippen LogP contribution < -0.4 is 0 Å². The lowest BCUT2D eigenvalue weighted by Gasteiger charge is -2.15. The first-order chi connectivity index (χ1) is 3.12. The van der Waals surface area contributed by atoms with E-state index in [1.807, 2.05) is 0 Å². The zero-order chi connectivity index (χ0) is 5.91. The van der Waals surface area contributed by atoms with Crippen molar-refractivity contribution in [1.82, 2.24) is 0 Å². The highest BCUT2D eigenvalue weighted by atomic mass is 16.3. The largest absolute Gasteiger partial charge is 0.396 e. The van der Waals surface area contributed by atoms with Crippen molar-refractivity contribution in [3.05, 3.63) is 6.61 Å². The summed E-state index contributed by atoms with van der Waals surface area (Å²) in [6, 6.07) is 0. The van der Waals surface area contributed by atoms with Gasteiger partial charge in [-0.15, -0.1) is 0 Å². The molecule has 2 N–H and O–H groups in total. The molecule has 43 valence electrons. The molecule has 0 aromatic heterocycles. The Kier molecular flexibility index (Phi) is 2.26. The normalized spacial score (nSPS) is 12.0. The molecule has 2 nitrogen and oxygen atoms in total. The fourth-order valence-corrected chi connectivity index (χ4v) is 0.0408. The first-order valence-corrected chi connectivity index (χ1v) is 2.22. The van der Waals surface area contributed by atoms with Gasteiger partial charge in [0.25, 0.3) is 0 Å². The molecular weight excluding hydrogens is 92.1 g/mol. The molecule has 0 saturated carbocycles. The van der Waals surface area contributed by atoms with Crippen LogP contribution in [0.2, 0.25) is 0 Å². The highest BCUT2D eigenvalue weighted by Gasteiger charge is 2.13. The topological polar surface area (TPSA) is 40.5 Å². The van der Waals surface area contributed by atoms with E-state index in [1.54, 1.807) is 13.8 Å². The van der Waals surface area contributed by atoms with Gasteiger partial charge < -0.3 is 10.2 Å². The molecule has 0 atom stereocenters. The number of hydrogen-bond acceptors (Lipinski definition) is 2. The molecule has 0 fully saturated rings. The van der Waals surface area contributed by atoms with E-state index in [-0.39, 0.29) is 6.61 Å². The molecule has 0 rings (SSSR count). The summed E-state index contributed by atoms with van der Waals surface area (Å²) >= 11 is 0. The van der Waals surface area contributed by atoms with E-state index in [2.05, 4.69) is 0 Å². The zero-order valence-electron chi connectivity index (χ0n) is 4.68. The van der Waals surface area contributed by atoms with Crippen LogP contribution in [-0.2, 0) is 0 Å². The molecule has 0 spiro atoms. The van der Waals surface area contributed by atoms with E-state index < -0.39 is 5.41 Å². The highest BCUT2D eigenvalue weighted by molar-refractivity contribution is 4.73. The van der Waals surface area contributed by atoms with Crippen molar-refractivity contribution in [1.29, 1.82) is 0 Å². The van der Waals surface area contributed by atoms with E-state index in [4.69, 9.17) is 10.2 Å². The minimum absolute atomic E-state index is 0.0104. The quantitative estimate of drug-likeness (QED) is 0.535. The maximum Gasteiger partial charge on any atom is 0.0877 e. The molecule has 0 aliphatic heterocycles. The molecule has 0 aromatic carbocycles. The van der Waals surface area contributed by atoms with Gasteiger partial charge in [0, 0.05) is 5.41 Å². The van der Waals surface area contributed by atoms with Crippen LogP contribution in [0.25, 0.3) is 0 Å².